The molecule has 2 N–H and O–H groups in total. The fourth-order valence-electron chi connectivity index (χ4n) is 2.17. The number of hydrogen-bond acceptors (Lipinski definition) is 7. The Morgan fingerprint density at radius 1 is 1.12 bits per heavy atom. The largest absolute Gasteiger partial charge is 0.465 e. The molecule has 0 aliphatic carbocycles. The van der Waals surface area contributed by atoms with Gasteiger partial charge in [0.2, 0.25) is 0 Å². The van der Waals surface area contributed by atoms with Crippen molar-refractivity contribution >= 4 is 44.5 Å². The van der Waals surface area contributed by atoms with E-state index < -0.39 is 16.0 Å². The van der Waals surface area contributed by atoms with Crippen LogP contribution in [0.4, 0.5) is 17.2 Å². The van der Waals surface area contributed by atoms with E-state index in [9.17, 15) is 13.2 Å². The van der Waals surface area contributed by atoms with Gasteiger partial charge in [-0.25, -0.2) is 18.2 Å². The summed E-state index contributed by atoms with van der Waals surface area (Å²) < 4.78 is 31.8. The number of carbonyl (C=O) groups excluding carboxylic acids is 1. The number of nitrogens with zero attached hydrogens (tertiary/aromatic N) is 1. The van der Waals surface area contributed by atoms with Crippen molar-refractivity contribution in [3.63, 3.8) is 0 Å². The van der Waals surface area contributed by atoms with Crippen LogP contribution in [0.2, 0.25) is 0 Å². The summed E-state index contributed by atoms with van der Waals surface area (Å²) in [6.45, 7) is 0. The average Bonchev–Trinajstić information content (AvgIpc) is 3.19. The van der Waals surface area contributed by atoms with Crippen molar-refractivity contribution in [2.75, 3.05) is 17.1 Å². The van der Waals surface area contributed by atoms with E-state index in [1.165, 1.54) is 19.4 Å². The first-order chi connectivity index (χ1) is 12.5. The Labute approximate surface area is 154 Å². The number of aromatic nitrogens is 1. The molecule has 0 aliphatic heterocycles. The molecule has 2 heterocycles. The number of methoxy groups -OCH3 is 1. The number of rotatable bonds is 6. The van der Waals surface area contributed by atoms with E-state index in [4.69, 9.17) is 4.74 Å². The van der Waals surface area contributed by atoms with Crippen molar-refractivity contribution in [3.05, 3.63) is 65.7 Å². The van der Waals surface area contributed by atoms with Gasteiger partial charge in [-0.2, -0.15) is 0 Å². The van der Waals surface area contributed by atoms with Gasteiger partial charge in [-0.3, -0.25) is 4.72 Å². The predicted molar refractivity (Wildman–Crippen MR) is 100 cm³/mol. The number of carbonyl (C=O) groups is 1. The Kier molecular flexibility index (Phi) is 5.19. The van der Waals surface area contributed by atoms with Gasteiger partial charge in [0.25, 0.3) is 10.0 Å². The molecule has 7 nitrogen and oxygen atoms in total. The third-order valence-corrected chi connectivity index (χ3v) is 6.15. The Bertz CT molecular complexity index is 1000. The van der Waals surface area contributed by atoms with Crippen molar-refractivity contribution in [2.24, 2.45) is 0 Å². The van der Waals surface area contributed by atoms with Crippen LogP contribution in [-0.4, -0.2) is 26.5 Å². The summed E-state index contributed by atoms with van der Waals surface area (Å²) in [7, 11) is -2.30. The number of sulfonamides is 1. The van der Waals surface area contributed by atoms with Crippen LogP contribution in [-0.2, 0) is 14.8 Å². The standard InChI is InChI=1S/C17H15N3O4S2/c1-24-17(21)13-5-2-3-6-14(13)19-15-9-8-12(11-18-15)20-26(22,23)16-7-4-10-25-16/h2-11,20H,1H3,(H,18,19). The molecule has 0 atom stereocenters. The lowest BCUT2D eigenvalue weighted by Crippen LogP contribution is -2.11. The third-order valence-electron chi connectivity index (χ3n) is 3.37. The summed E-state index contributed by atoms with van der Waals surface area (Å²) in [4.78, 5) is 16.0. The van der Waals surface area contributed by atoms with Crippen molar-refractivity contribution in [2.45, 2.75) is 4.21 Å². The number of anilines is 3. The molecule has 3 rings (SSSR count). The number of nitrogens with one attached hydrogen (secondary N) is 2. The molecule has 0 aliphatic rings. The number of esters is 1. The minimum absolute atomic E-state index is 0.228. The number of pyridine rings is 1. The van der Waals surface area contributed by atoms with Gasteiger partial charge in [-0.1, -0.05) is 18.2 Å². The molecule has 0 unspecified atom stereocenters. The zero-order valence-corrected chi connectivity index (χ0v) is 15.3. The highest BCUT2D eigenvalue weighted by atomic mass is 32.2. The van der Waals surface area contributed by atoms with E-state index in [2.05, 4.69) is 15.0 Å². The topological polar surface area (TPSA) is 97.4 Å². The first kappa shape index (κ1) is 17.9. The number of para-hydroxylation sites is 1. The Morgan fingerprint density at radius 2 is 1.92 bits per heavy atom. The average molecular weight is 389 g/mol. The molecular formula is C17H15N3O4S2. The molecule has 0 radical (unpaired) electrons. The Balaban J connectivity index is 1.76. The summed E-state index contributed by atoms with van der Waals surface area (Å²) in [5.74, 6) is -0.00569. The fraction of sp³-hybridized carbons (Fsp3) is 0.0588. The van der Waals surface area contributed by atoms with Crippen LogP contribution in [0.15, 0.2) is 64.3 Å². The molecule has 1 aromatic carbocycles. The van der Waals surface area contributed by atoms with E-state index in [1.54, 1.807) is 47.8 Å². The van der Waals surface area contributed by atoms with Crippen molar-refractivity contribution in [1.82, 2.24) is 4.98 Å². The summed E-state index contributed by atoms with van der Waals surface area (Å²) in [5.41, 5.74) is 1.25. The molecule has 0 spiro atoms. The van der Waals surface area contributed by atoms with Crippen LogP contribution in [0.5, 0.6) is 0 Å². The van der Waals surface area contributed by atoms with E-state index in [1.807, 2.05) is 0 Å². The third kappa shape index (κ3) is 4.01. The van der Waals surface area contributed by atoms with Crippen molar-refractivity contribution in [1.29, 1.82) is 0 Å². The molecule has 0 saturated heterocycles. The minimum Gasteiger partial charge on any atom is -0.465 e. The molecule has 26 heavy (non-hydrogen) atoms. The van der Waals surface area contributed by atoms with E-state index >= 15 is 0 Å². The Hall–Kier alpha value is -2.91. The Morgan fingerprint density at radius 3 is 2.58 bits per heavy atom. The highest BCUT2D eigenvalue weighted by Crippen LogP contribution is 2.23. The molecule has 0 fully saturated rings. The van der Waals surface area contributed by atoms with Crippen molar-refractivity contribution < 1.29 is 17.9 Å². The zero-order chi connectivity index (χ0) is 18.6. The minimum atomic E-state index is -3.62. The van der Waals surface area contributed by atoms with Gasteiger partial charge in [0.05, 0.1) is 30.2 Å². The second kappa shape index (κ2) is 7.54. The summed E-state index contributed by atoms with van der Waals surface area (Å²) in [6, 6.07) is 13.3. The van der Waals surface area contributed by atoms with Gasteiger partial charge in [0.1, 0.15) is 10.0 Å². The molecular weight excluding hydrogens is 374 g/mol. The van der Waals surface area contributed by atoms with Crippen LogP contribution in [0.1, 0.15) is 10.4 Å². The second-order valence-electron chi connectivity index (χ2n) is 5.13. The lowest BCUT2D eigenvalue weighted by Gasteiger charge is -2.11. The van der Waals surface area contributed by atoms with Gasteiger partial charge in [-0.15, -0.1) is 11.3 Å². The highest BCUT2D eigenvalue weighted by molar-refractivity contribution is 7.94. The first-order valence-corrected chi connectivity index (χ1v) is 9.82. The SMILES string of the molecule is COC(=O)c1ccccc1Nc1ccc(NS(=O)(=O)c2cccs2)cn1. The maximum Gasteiger partial charge on any atom is 0.339 e. The molecule has 2 aromatic heterocycles. The molecule has 0 saturated carbocycles. The first-order valence-electron chi connectivity index (χ1n) is 7.46. The van der Waals surface area contributed by atoms with Crippen LogP contribution in [0, 0.1) is 0 Å². The van der Waals surface area contributed by atoms with E-state index in [0.717, 1.165) is 11.3 Å². The van der Waals surface area contributed by atoms with Gasteiger partial charge < -0.3 is 10.1 Å². The van der Waals surface area contributed by atoms with E-state index in [-0.39, 0.29) is 4.21 Å². The quantitative estimate of drug-likeness (QED) is 0.627. The predicted octanol–water partition coefficient (Wildman–Crippen LogP) is 3.47. The maximum atomic E-state index is 12.2. The van der Waals surface area contributed by atoms with E-state index in [0.29, 0.717) is 22.8 Å². The molecule has 9 heteroatoms. The van der Waals surface area contributed by atoms with Crippen LogP contribution >= 0.6 is 11.3 Å². The van der Waals surface area contributed by atoms with Gasteiger partial charge >= 0.3 is 5.97 Å². The number of benzene rings is 1. The lowest BCUT2D eigenvalue weighted by atomic mass is 10.2. The summed E-state index contributed by atoms with van der Waals surface area (Å²) in [6.07, 6.45) is 1.40. The molecule has 134 valence electrons. The monoisotopic (exact) mass is 389 g/mol. The van der Waals surface area contributed by atoms with Gasteiger partial charge in [-0.05, 0) is 35.7 Å². The summed E-state index contributed by atoms with van der Waals surface area (Å²) in [5, 5.41) is 4.71. The molecule has 3 aromatic rings. The number of hydrogen-bond donors (Lipinski definition) is 2. The van der Waals surface area contributed by atoms with Gasteiger partial charge in [0, 0.05) is 0 Å². The fourth-order valence-corrected chi connectivity index (χ4v) is 4.20. The van der Waals surface area contributed by atoms with Crippen LogP contribution in [0.25, 0.3) is 0 Å². The van der Waals surface area contributed by atoms with Crippen molar-refractivity contribution in [3.8, 4) is 0 Å². The van der Waals surface area contributed by atoms with Crippen LogP contribution < -0.4 is 10.0 Å². The summed E-state index contributed by atoms with van der Waals surface area (Å²) >= 11 is 1.13. The normalized spacial score (nSPS) is 11.0. The molecule has 0 amide bonds. The maximum absolute atomic E-state index is 12.2. The second-order valence-corrected chi connectivity index (χ2v) is 7.99. The number of ether oxygens (including phenoxy) is 1. The smallest absolute Gasteiger partial charge is 0.339 e. The number of thiophene rings is 1. The van der Waals surface area contributed by atoms with Crippen LogP contribution in [0.3, 0.4) is 0 Å². The zero-order valence-electron chi connectivity index (χ0n) is 13.7. The molecule has 0 bridgehead atoms. The van der Waals surface area contributed by atoms with Gasteiger partial charge in [0.15, 0.2) is 0 Å². The highest BCUT2D eigenvalue weighted by Gasteiger charge is 2.15. The lowest BCUT2D eigenvalue weighted by molar-refractivity contribution is 0.0602.